The van der Waals surface area contributed by atoms with Crippen LogP contribution in [0.4, 0.5) is 17.1 Å². The van der Waals surface area contributed by atoms with Gasteiger partial charge in [0.2, 0.25) is 0 Å². The summed E-state index contributed by atoms with van der Waals surface area (Å²) in [7, 11) is 0. The van der Waals surface area contributed by atoms with Crippen molar-refractivity contribution in [2.45, 2.75) is 32.9 Å². The number of carboxylic acids is 2. The molecule has 11 nitrogen and oxygen atoms in total. The van der Waals surface area contributed by atoms with Crippen molar-refractivity contribution in [1.29, 1.82) is 15.8 Å². The molecule has 0 fully saturated rings. The molecule has 2 heterocycles. The molecule has 0 saturated carbocycles. The Morgan fingerprint density at radius 1 is 0.818 bits per heavy atom. The fourth-order valence-electron chi connectivity index (χ4n) is 4.81. The molecular formula is C40H35N7O4RuS3. The zero-order chi connectivity index (χ0) is 40.5. The average molecular weight is 875 g/mol. The van der Waals surface area contributed by atoms with Crippen LogP contribution in [-0.2, 0) is 67.0 Å². The number of nitrogens with one attached hydrogen (secondary N) is 1. The summed E-state index contributed by atoms with van der Waals surface area (Å²) in [4.78, 5) is 25.4. The number of nitrogens with zero attached hydrogens (tertiary/aromatic N) is 6. The van der Waals surface area contributed by atoms with Gasteiger partial charge in [-0.2, -0.15) is 17.6 Å². The van der Waals surface area contributed by atoms with E-state index in [0.717, 1.165) is 34.3 Å². The predicted molar refractivity (Wildman–Crippen MR) is 220 cm³/mol. The molecule has 2 atom stereocenters. The molecule has 0 aromatic heterocycles. The third-order valence-corrected chi connectivity index (χ3v) is 7.01. The van der Waals surface area contributed by atoms with Gasteiger partial charge in [0.1, 0.15) is 0 Å². The molecule has 280 valence electrons. The fourth-order valence-corrected chi connectivity index (χ4v) is 4.81. The van der Waals surface area contributed by atoms with E-state index in [1.54, 1.807) is 13.1 Å². The number of nitriles is 3. The summed E-state index contributed by atoms with van der Waals surface area (Å²) >= 11 is 11.1. The Labute approximate surface area is 351 Å². The number of para-hydroxylation sites is 2. The van der Waals surface area contributed by atoms with Gasteiger partial charge in [0, 0.05) is 17.1 Å². The zero-order valence-electron chi connectivity index (χ0n) is 29.8. The van der Waals surface area contributed by atoms with E-state index in [1.165, 1.54) is 34.4 Å². The van der Waals surface area contributed by atoms with Crippen molar-refractivity contribution < 1.29 is 39.3 Å². The van der Waals surface area contributed by atoms with Gasteiger partial charge in [-0.15, -0.1) is 12.1 Å². The molecule has 0 saturated heterocycles. The summed E-state index contributed by atoms with van der Waals surface area (Å²) < 4.78 is 0. The smallest absolute Gasteiger partial charge is 0.700 e. The average Bonchev–Trinajstić information content (AvgIpc) is 3.19. The van der Waals surface area contributed by atoms with E-state index in [9.17, 15) is 19.8 Å². The van der Waals surface area contributed by atoms with Crippen LogP contribution in [0.25, 0.3) is 21.9 Å². The first-order valence-electron chi connectivity index (χ1n) is 15.9. The van der Waals surface area contributed by atoms with E-state index in [4.69, 9.17) is 21.5 Å². The second kappa shape index (κ2) is 27.6. The van der Waals surface area contributed by atoms with Crippen molar-refractivity contribution in [2.75, 3.05) is 4.90 Å². The van der Waals surface area contributed by atoms with Gasteiger partial charge >= 0.3 is 31.4 Å². The standard InChI is InChI=1S/C35H29N4O4.C2H6.3CHNS.Ru/c1-2-23(34(40)41)19-30(36)32-20-26(35(42)43)21-33(38-32)31-18-15-25(22-37-31)24-13-16-29(17-14-24)39(27-9-5-3-6-10-27)28-11-7-4-8-12-28;1-2;3*2-1-3;/h2-22,31,33,36H,1H3,(H,40,41)(H,42,43);1-2H3;3*3H;/q-3;;;;;+6/p-3/b23-2+,30-19-;;;;;. The molecule has 0 spiro atoms. The first kappa shape index (κ1) is 49.0. The van der Waals surface area contributed by atoms with Crippen molar-refractivity contribution in [3.05, 3.63) is 172 Å². The van der Waals surface area contributed by atoms with Gasteiger partial charge in [0.25, 0.3) is 0 Å². The van der Waals surface area contributed by atoms with Crippen LogP contribution in [0.15, 0.2) is 150 Å². The summed E-state index contributed by atoms with van der Waals surface area (Å²) in [6, 6.07) is 27.3. The van der Waals surface area contributed by atoms with Gasteiger partial charge in [0.05, 0.1) is 11.1 Å². The zero-order valence-corrected chi connectivity index (χ0v) is 33.9. The Morgan fingerprint density at radius 3 is 1.69 bits per heavy atom. The molecule has 0 bridgehead atoms. The topological polar surface area (TPSA) is 201 Å². The number of hydrogen-bond donors (Lipinski definition) is 2. The van der Waals surface area contributed by atoms with Gasteiger partial charge in [-0.25, -0.2) is 25.4 Å². The quantitative estimate of drug-likeness (QED) is 0.0682. The van der Waals surface area contributed by atoms with Crippen LogP contribution < -0.4 is 4.90 Å². The fraction of sp³-hybridized carbons (Fsp3) is 0.125. The van der Waals surface area contributed by atoms with Crippen LogP contribution in [0, 0.1) is 32.0 Å². The number of aliphatic carboxylic acids is 2. The summed E-state index contributed by atoms with van der Waals surface area (Å²) in [5.41, 5.74) is 13.1. The van der Waals surface area contributed by atoms with Crippen molar-refractivity contribution in [1.82, 2.24) is 0 Å². The maximum absolute atomic E-state index is 11.8. The number of benzene rings is 3. The summed E-state index contributed by atoms with van der Waals surface area (Å²) in [5, 5.41) is 53.6. The maximum Gasteiger partial charge on any atom is 6.00 e. The molecule has 3 aromatic rings. The molecule has 0 radical (unpaired) electrons. The molecule has 3 aromatic carbocycles. The minimum atomic E-state index is -1.18. The number of rotatable bonds is 9. The molecule has 0 aliphatic carbocycles. The number of hydrogen-bond acceptors (Lipinski definition) is 9. The predicted octanol–water partition coefficient (Wildman–Crippen LogP) is 9.49. The van der Waals surface area contributed by atoms with Gasteiger partial charge in [-0.3, -0.25) is 0 Å². The first-order chi connectivity index (χ1) is 26.1. The van der Waals surface area contributed by atoms with E-state index in [2.05, 4.69) is 89.8 Å². The minimum Gasteiger partial charge on any atom is -0.700 e. The Morgan fingerprint density at radius 2 is 1.29 bits per heavy atom. The van der Waals surface area contributed by atoms with Gasteiger partial charge in [-0.05, 0) is 54.5 Å². The summed E-state index contributed by atoms with van der Waals surface area (Å²) in [6.45, 7) is 5.55. The minimum absolute atomic E-state index is 0. The molecule has 3 N–H and O–H groups in total. The number of anilines is 3. The SMILES string of the molecule is C/C=C(\C=C(/[NH-])C1=CC(C(=O)O)=CC(C2C=CC(c3ccc(N(c4ccccc4)c4ccccc4)cc3)=C[N-]2)[N-]1)C(=O)O.CC.N#C[S-].N#C[S-].N#C[S-].[Ru+6]. The molecule has 2 unspecified atom stereocenters. The Kier molecular flexibility index (Phi) is 24.6. The summed E-state index contributed by atoms with van der Waals surface area (Å²) in [6.07, 6.45) is 10.8. The van der Waals surface area contributed by atoms with Crippen molar-refractivity contribution in [3.8, 4) is 16.2 Å². The molecule has 0 amide bonds. The van der Waals surface area contributed by atoms with E-state index in [-0.39, 0.29) is 42.0 Å². The van der Waals surface area contributed by atoms with Gasteiger partial charge in [0.15, 0.2) is 0 Å². The van der Waals surface area contributed by atoms with Gasteiger partial charge in [-0.1, -0.05) is 115 Å². The third-order valence-electron chi connectivity index (χ3n) is 7.01. The van der Waals surface area contributed by atoms with Crippen LogP contribution in [0.3, 0.4) is 0 Å². The van der Waals surface area contributed by atoms with Crippen LogP contribution in [0.5, 0.6) is 0 Å². The number of thiocyanates is 3. The van der Waals surface area contributed by atoms with E-state index >= 15 is 0 Å². The van der Waals surface area contributed by atoms with E-state index in [0.29, 0.717) is 0 Å². The largest absolute Gasteiger partial charge is 6.00 e. The Hall–Kier alpha value is -6.01. The van der Waals surface area contributed by atoms with Crippen LogP contribution in [0.2, 0.25) is 0 Å². The Bertz CT molecular complexity index is 1930. The monoisotopic (exact) mass is 875 g/mol. The number of allylic oxidation sites excluding steroid dienone is 3. The number of carbonyl (C=O) groups is 2. The van der Waals surface area contributed by atoms with Crippen LogP contribution in [-0.4, -0.2) is 34.2 Å². The van der Waals surface area contributed by atoms with E-state index < -0.39 is 24.0 Å². The second-order valence-corrected chi connectivity index (χ2v) is 10.6. The molecule has 2 aliphatic heterocycles. The molecule has 55 heavy (non-hydrogen) atoms. The maximum atomic E-state index is 11.8. The van der Waals surface area contributed by atoms with Crippen molar-refractivity contribution in [2.24, 2.45) is 0 Å². The van der Waals surface area contributed by atoms with E-state index in [1.807, 2.05) is 74.5 Å². The normalized spacial score (nSPS) is 14.9. The van der Waals surface area contributed by atoms with Crippen molar-refractivity contribution >= 4 is 72.5 Å². The second-order valence-electron chi connectivity index (χ2n) is 10.1. The van der Waals surface area contributed by atoms with Crippen molar-refractivity contribution in [3.63, 3.8) is 0 Å². The number of carboxylic acid groups (broad SMARTS) is 2. The molecule has 15 heteroatoms. The van der Waals surface area contributed by atoms with Gasteiger partial charge < -0.3 is 69.4 Å². The first-order valence-corrected chi connectivity index (χ1v) is 17.1. The van der Waals surface area contributed by atoms with Crippen LogP contribution >= 0.6 is 0 Å². The Balaban J connectivity index is 0.00000219. The summed E-state index contributed by atoms with van der Waals surface area (Å²) in [5.74, 6) is -2.34. The molecule has 2 aliphatic rings. The molecular weight excluding hydrogens is 840 g/mol. The molecule has 5 rings (SSSR count). The van der Waals surface area contributed by atoms with Crippen LogP contribution in [0.1, 0.15) is 26.3 Å². The third kappa shape index (κ3) is 15.9.